The molecule has 0 aliphatic carbocycles. The van der Waals surface area contributed by atoms with Gasteiger partial charge in [0.2, 0.25) is 5.16 Å². The zero-order valence-corrected chi connectivity index (χ0v) is 14.1. The molecule has 0 bridgehead atoms. The molecule has 1 aromatic carbocycles. The first-order valence-electron chi connectivity index (χ1n) is 7.18. The Kier molecular flexibility index (Phi) is 3.38. The molecule has 1 N–H and O–H groups in total. The first-order chi connectivity index (χ1) is 11.1. The lowest BCUT2D eigenvalue weighted by molar-refractivity contribution is 0.0697. The van der Waals surface area contributed by atoms with Crippen LogP contribution in [-0.2, 0) is 0 Å². The van der Waals surface area contributed by atoms with E-state index in [1.54, 1.807) is 35.7 Å². The van der Waals surface area contributed by atoms with Gasteiger partial charge in [0.25, 0.3) is 0 Å². The second kappa shape index (κ2) is 5.31. The maximum atomic E-state index is 11.0. The fourth-order valence-electron chi connectivity index (χ4n) is 2.63. The lowest BCUT2D eigenvalue weighted by Gasteiger charge is -2.26. The van der Waals surface area contributed by atoms with E-state index in [9.17, 15) is 4.79 Å². The van der Waals surface area contributed by atoms with Gasteiger partial charge in [0, 0.05) is 11.3 Å². The monoisotopic (exact) mass is 346 g/mol. The number of hydrogen-bond acceptors (Lipinski definition) is 6. The van der Waals surface area contributed by atoms with Gasteiger partial charge in [-0.2, -0.15) is 0 Å². The highest BCUT2D eigenvalue weighted by molar-refractivity contribution is 8.07. The minimum Gasteiger partial charge on any atom is -0.478 e. The van der Waals surface area contributed by atoms with Crippen LogP contribution in [0.3, 0.4) is 0 Å². The van der Waals surface area contributed by atoms with Crippen molar-refractivity contribution in [2.45, 2.75) is 30.3 Å². The summed E-state index contributed by atoms with van der Waals surface area (Å²) in [5.74, 6) is 0.303. The number of carboxylic acid groups (broad SMARTS) is 1. The molecule has 23 heavy (non-hydrogen) atoms. The minimum absolute atomic E-state index is 0.0649. The molecule has 0 amide bonds. The lowest BCUT2D eigenvalue weighted by atomic mass is 10.1. The first-order valence-corrected chi connectivity index (χ1v) is 8.94. The number of aromatic nitrogens is 3. The Morgan fingerprint density at radius 2 is 2.00 bits per heavy atom. The van der Waals surface area contributed by atoms with Gasteiger partial charge in [0.15, 0.2) is 5.82 Å². The van der Waals surface area contributed by atoms with Gasteiger partial charge in [-0.05, 0) is 29.5 Å². The van der Waals surface area contributed by atoms with Crippen LogP contribution in [0.25, 0.3) is 0 Å². The Balaban J connectivity index is 1.72. The van der Waals surface area contributed by atoms with E-state index in [0.717, 1.165) is 21.6 Å². The third-order valence-corrected chi connectivity index (χ3v) is 5.94. The van der Waals surface area contributed by atoms with Crippen LogP contribution in [0.4, 0.5) is 0 Å². The zero-order chi connectivity index (χ0) is 16.1. The van der Waals surface area contributed by atoms with Gasteiger partial charge in [0.05, 0.1) is 5.56 Å². The Morgan fingerprint density at radius 1 is 1.26 bits per heavy atom. The van der Waals surface area contributed by atoms with E-state index in [2.05, 4.69) is 39.1 Å². The van der Waals surface area contributed by atoms with Crippen LogP contribution in [0, 0.1) is 0 Å². The van der Waals surface area contributed by atoms with Crippen molar-refractivity contribution in [3.05, 3.63) is 51.7 Å². The molecule has 2 aliphatic heterocycles. The normalized spacial score (nSPS) is 19.0. The maximum Gasteiger partial charge on any atom is 0.335 e. The molecular weight excluding hydrogens is 332 g/mol. The molecule has 1 aromatic heterocycles. The van der Waals surface area contributed by atoms with E-state index in [-0.39, 0.29) is 11.3 Å². The van der Waals surface area contributed by atoms with Gasteiger partial charge < -0.3 is 5.11 Å². The number of benzene rings is 1. The summed E-state index contributed by atoms with van der Waals surface area (Å²) in [6.07, 6.45) is 0. The third-order valence-electron chi connectivity index (χ3n) is 3.75. The van der Waals surface area contributed by atoms with E-state index in [1.807, 2.05) is 12.1 Å². The molecule has 2 aliphatic rings. The fourth-order valence-corrected chi connectivity index (χ4v) is 4.86. The van der Waals surface area contributed by atoms with Crippen LogP contribution < -0.4 is 5.01 Å². The molecule has 2 aromatic rings. The summed E-state index contributed by atoms with van der Waals surface area (Å²) in [4.78, 5) is 11.0. The average Bonchev–Trinajstić information content (AvgIpc) is 3.17. The van der Waals surface area contributed by atoms with Gasteiger partial charge in [-0.25, -0.2) is 9.47 Å². The van der Waals surface area contributed by atoms with E-state index in [1.165, 1.54) is 0 Å². The summed E-state index contributed by atoms with van der Waals surface area (Å²) < 4.78 is 2.08. The van der Waals surface area contributed by atoms with E-state index < -0.39 is 5.97 Å². The second-order valence-electron chi connectivity index (χ2n) is 5.63. The maximum absolute atomic E-state index is 11.0. The van der Waals surface area contributed by atoms with Gasteiger partial charge in [-0.15, -0.1) is 10.2 Å². The Labute approximate surface area is 141 Å². The number of thioether (sulfide) groups is 2. The van der Waals surface area contributed by atoms with Crippen LogP contribution >= 0.6 is 23.5 Å². The molecule has 0 unspecified atom stereocenters. The molecule has 4 rings (SSSR count). The second-order valence-corrected chi connectivity index (χ2v) is 7.57. The molecule has 6 nitrogen and oxygen atoms in total. The van der Waals surface area contributed by atoms with Crippen molar-refractivity contribution < 1.29 is 9.90 Å². The van der Waals surface area contributed by atoms with Crippen molar-refractivity contribution >= 4 is 29.5 Å². The number of hydrogen-bond donors (Lipinski definition) is 1. The highest BCUT2D eigenvalue weighted by Gasteiger charge is 2.39. The topological polar surface area (TPSA) is 71.2 Å². The summed E-state index contributed by atoms with van der Waals surface area (Å²) in [5.41, 5.74) is 1.36. The summed E-state index contributed by atoms with van der Waals surface area (Å²) in [6.45, 7) is 4.20. The van der Waals surface area contributed by atoms with Crippen molar-refractivity contribution in [2.24, 2.45) is 0 Å². The van der Waals surface area contributed by atoms with Crippen molar-refractivity contribution in [2.75, 3.05) is 5.01 Å². The smallest absolute Gasteiger partial charge is 0.335 e. The number of fused-ring (bicyclic) bond motifs is 3. The molecule has 0 radical (unpaired) electrons. The van der Waals surface area contributed by atoms with E-state index in [4.69, 9.17) is 5.11 Å². The zero-order valence-electron chi connectivity index (χ0n) is 12.5. The molecule has 3 heterocycles. The summed E-state index contributed by atoms with van der Waals surface area (Å²) >= 11 is 3.32. The summed E-state index contributed by atoms with van der Waals surface area (Å²) in [6, 6.07) is 7.05. The largest absolute Gasteiger partial charge is 0.478 e. The lowest BCUT2D eigenvalue weighted by Crippen LogP contribution is -2.31. The highest BCUT2D eigenvalue weighted by atomic mass is 32.2. The predicted octanol–water partition coefficient (Wildman–Crippen LogP) is 3.39. The van der Waals surface area contributed by atoms with Crippen molar-refractivity contribution in [3.8, 4) is 0 Å². The molecule has 8 heteroatoms. The van der Waals surface area contributed by atoms with Crippen molar-refractivity contribution in [3.63, 3.8) is 0 Å². The SMILES string of the molecule is CC(C)c1nnc2n1N1C(=CS[C@H]1c1ccc(C(=O)O)cc1)S2. The Morgan fingerprint density at radius 3 is 2.65 bits per heavy atom. The average molecular weight is 346 g/mol. The molecule has 1 atom stereocenters. The molecule has 0 fully saturated rings. The summed E-state index contributed by atoms with van der Waals surface area (Å²) in [7, 11) is 0. The minimum atomic E-state index is -0.908. The molecule has 0 saturated carbocycles. The molecular formula is C15H14N4O2S2. The van der Waals surface area contributed by atoms with Gasteiger partial charge in [-0.3, -0.25) is 5.01 Å². The van der Waals surface area contributed by atoms with Crippen LogP contribution in [-0.4, -0.2) is 25.9 Å². The van der Waals surface area contributed by atoms with Crippen LogP contribution in [0.1, 0.15) is 46.9 Å². The highest BCUT2D eigenvalue weighted by Crippen LogP contribution is 2.51. The third kappa shape index (κ3) is 2.24. The quantitative estimate of drug-likeness (QED) is 0.913. The number of aromatic carboxylic acids is 1. The fraction of sp³-hybridized carbons (Fsp3) is 0.267. The van der Waals surface area contributed by atoms with Crippen LogP contribution in [0.2, 0.25) is 0 Å². The number of carbonyl (C=O) groups is 1. The molecule has 0 spiro atoms. The standard InChI is InChI=1S/C15H14N4O2S2/c1-8(2)12-16-17-15-19(12)18-11(23-15)7-22-13(18)9-3-5-10(6-4-9)14(20)21/h3-8,13H,1-2H3,(H,20,21)/t13-/m0/s1. The Hall–Kier alpha value is -1.93. The van der Waals surface area contributed by atoms with Gasteiger partial charge >= 0.3 is 5.97 Å². The number of rotatable bonds is 3. The number of nitrogens with zero attached hydrogens (tertiary/aromatic N) is 4. The van der Waals surface area contributed by atoms with E-state index in [0.29, 0.717) is 5.56 Å². The summed E-state index contributed by atoms with van der Waals surface area (Å²) in [5, 5.41) is 24.0. The van der Waals surface area contributed by atoms with Crippen LogP contribution in [0.15, 0.2) is 39.9 Å². The number of carboxylic acids is 1. The molecule has 118 valence electrons. The molecule has 0 saturated heterocycles. The van der Waals surface area contributed by atoms with Crippen LogP contribution in [0.5, 0.6) is 0 Å². The van der Waals surface area contributed by atoms with Gasteiger partial charge in [-0.1, -0.05) is 37.7 Å². The predicted molar refractivity (Wildman–Crippen MR) is 90.0 cm³/mol. The Bertz CT molecular complexity index is 813. The first kappa shape index (κ1) is 14.6. The van der Waals surface area contributed by atoms with Crippen molar-refractivity contribution in [1.82, 2.24) is 14.9 Å². The van der Waals surface area contributed by atoms with Gasteiger partial charge in [0.1, 0.15) is 10.4 Å². The van der Waals surface area contributed by atoms with Crippen molar-refractivity contribution in [1.29, 1.82) is 0 Å². The van der Waals surface area contributed by atoms with E-state index >= 15 is 0 Å².